The molecule has 0 bridgehead atoms. The molecule has 1 aliphatic rings. The number of amides is 1. The van der Waals surface area contributed by atoms with Gasteiger partial charge in [0, 0.05) is 48.7 Å². The first-order valence-corrected chi connectivity index (χ1v) is 8.64. The normalized spacial score (nSPS) is 22.6. The molecule has 1 atom stereocenters. The van der Waals surface area contributed by atoms with Gasteiger partial charge in [0.25, 0.3) is 0 Å². The Morgan fingerprint density at radius 3 is 3.00 bits per heavy atom. The van der Waals surface area contributed by atoms with Gasteiger partial charge in [-0.25, -0.2) is 4.98 Å². The molecule has 0 radical (unpaired) electrons. The lowest BCUT2D eigenvalue weighted by Gasteiger charge is -2.28. The van der Waals surface area contributed by atoms with Crippen LogP contribution in [0.3, 0.4) is 0 Å². The Balaban J connectivity index is 1.80. The second-order valence-corrected chi connectivity index (χ2v) is 7.31. The molecule has 2 aromatic heterocycles. The van der Waals surface area contributed by atoms with Gasteiger partial charge in [-0.15, -0.1) is 22.7 Å². The first kappa shape index (κ1) is 14.6. The Morgan fingerprint density at radius 1 is 1.52 bits per heavy atom. The van der Waals surface area contributed by atoms with Crippen molar-refractivity contribution in [1.82, 2.24) is 20.2 Å². The smallest absolute Gasteiger partial charge is 0.217 e. The molecule has 0 aliphatic carbocycles. The van der Waals surface area contributed by atoms with Crippen LogP contribution >= 0.6 is 22.7 Å². The predicted molar refractivity (Wildman–Crippen MR) is 84.4 cm³/mol. The lowest BCUT2D eigenvalue weighted by atomic mass is 9.99. The summed E-state index contributed by atoms with van der Waals surface area (Å²) < 4.78 is 0. The molecule has 0 aromatic carbocycles. The summed E-state index contributed by atoms with van der Waals surface area (Å²) in [5, 5.41) is 6.21. The van der Waals surface area contributed by atoms with Crippen LogP contribution in [0.4, 0.5) is 0 Å². The van der Waals surface area contributed by atoms with E-state index in [0.29, 0.717) is 0 Å². The number of aryl methyl sites for hydroxylation is 1. The molecule has 1 fully saturated rings. The second-order valence-electron chi connectivity index (χ2n) is 5.49. The molecule has 112 valence electrons. The van der Waals surface area contributed by atoms with Crippen LogP contribution in [0, 0.1) is 6.92 Å². The van der Waals surface area contributed by atoms with Gasteiger partial charge in [-0.05, 0) is 13.3 Å². The minimum absolute atomic E-state index is 0.00231. The number of nitrogens with zero attached hydrogens (tertiary/aromatic N) is 3. The summed E-state index contributed by atoms with van der Waals surface area (Å²) in [5.74, 6) is 0.00231. The van der Waals surface area contributed by atoms with Crippen LogP contribution in [-0.2, 0) is 16.9 Å². The molecule has 1 saturated heterocycles. The zero-order valence-electron chi connectivity index (χ0n) is 12.1. The Morgan fingerprint density at radius 2 is 2.38 bits per heavy atom. The maximum absolute atomic E-state index is 11.6. The van der Waals surface area contributed by atoms with Crippen LogP contribution in [0.2, 0.25) is 0 Å². The lowest BCUT2D eigenvalue weighted by Crippen LogP contribution is -2.47. The molecule has 3 heterocycles. The van der Waals surface area contributed by atoms with Crippen LogP contribution in [0.5, 0.6) is 0 Å². The number of thiazole rings is 2. The summed E-state index contributed by atoms with van der Waals surface area (Å²) in [6.45, 7) is 6.21. The molecule has 1 amide bonds. The number of nitrogens with one attached hydrogen (secondary N) is 1. The van der Waals surface area contributed by atoms with Crippen molar-refractivity contribution >= 4 is 28.6 Å². The van der Waals surface area contributed by atoms with E-state index in [1.165, 1.54) is 4.88 Å². The van der Waals surface area contributed by atoms with Gasteiger partial charge in [0.15, 0.2) is 0 Å². The molecule has 0 spiro atoms. The van der Waals surface area contributed by atoms with Crippen molar-refractivity contribution in [3.8, 4) is 0 Å². The van der Waals surface area contributed by atoms with Crippen LogP contribution in [0.25, 0.3) is 0 Å². The number of rotatable bonds is 4. The fraction of sp³-hybridized carbons (Fsp3) is 0.500. The van der Waals surface area contributed by atoms with Gasteiger partial charge in [-0.2, -0.15) is 0 Å². The van der Waals surface area contributed by atoms with Crippen LogP contribution in [-0.4, -0.2) is 33.9 Å². The summed E-state index contributed by atoms with van der Waals surface area (Å²) >= 11 is 3.31. The van der Waals surface area contributed by atoms with E-state index >= 15 is 0 Å². The Bertz CT molecular complexity index is 625. The summed E-state index contributed by atoms with van der Waals surface area (Å²) in [6.07, 6.45) is 2.81. The molecule has 7 heteroatoms. The third kappa shape index (κ3) is 3.14. The van der Waals surface area contributed by atoms with Crippen molar-refractivity contribution in [3.63, 3.8) is 0 Å². The standard InChI is InChI=1S/C14H18N4OS2/c1-10-7-20-13(16-10)14(17-11(2)19)3-4-18(8-14)6-12-5-15-9-21-12/h5,7,9H,3-4,6,8H2,1-2H3,(H,17,19). The molecule has 3 rings (SSSR count). The molecular weight excluding hydrogens is 304 g/mol. The minimum Gasteiger partial charge on any atom is -0.343 e. The number of carbonyl (C=O) groups excluding carboxylic acids is 1. The summed E-state index contributed by atoms with van der Waals surface area (Å²) in [4.78, 5) is 24.0. The van der Waals surface area contributed by atoms with Crippen molar-refractivity contribution in [1.29, 1.82) is 0 Å². The maximum atomic E-state index is 11.6. The van der Waals surface area contributed by atoms with Gasteiger partial charge in [0.05, 0.1) is 5.51 Å². The average Bonchev–Trinajstić information content (AvgIpc) is 3.12. The van der Waals surface area contributed by atoms with Crippen molar-refractivity contribution in [3.05, 3.63) is 32.7 Å². The van der Waals surface area contributed by atoms with Gasteiger partial charge in [-0.3, -0.25) is 14.7 Å². The van der Waals surface area contributed by atoms with E-state index in [0.717, 1.165) is 36.8 Å². The zero-order valence-corrected chi connectivity index (χ0v) is 13.8. The first-order chi connectivity index (χ1) is 10.1. The molecule has 0 saturated carbocycles. The highest BCUT2D eigenvalue weighted by atomic mass is 32.1. The fourth-order valence-corrected chi connectivity index (χ4v) is 4.42. The molecule has 2 aromatic rings. The Hall–Kier alpha value is -1.31. The van der Waals surface area contributed by atoms with Gasteiger partial charge in [-0.1, -0.05) is 0 Å². The highest BCUT2D eigenvalue weighted by Crippen LogP contribution is 2.35. The Labute approximate surface area is 132 Å². The average molecular weight is 322 g/mol. The van der Waals surface area contributed by atoms with Gasteiger partial charge in [0.1, 0.15) is 10.5 Å². The van der Waals surface area contributed by atoms with E-state index in [1.54, 1.807) is 29.6 Å². The first-order valence-electron chi connectivity index (χ1n) is 6.88. The molecule has 21 heavy (non-hydrogen) atoms. The number of carbonyl (C=O) groups is 1. The monoisotopic (exact) mass is 322 g/mol. The fourth-order valence-electron chi connectivity index (χ4n) is 2.81. The SMILES string of the molecule is CC(=O)NC1(c2nc(C)cs2)CCN(Cc2cncs2)C1. The number of hydrogen-bond donors (Lipinski definition) is 1. The zero-order chi connectivity index (χ0) is 14.9. The van der Waals surface area contributed by atoms with Gasteiger partial charge < -0.3 is 5.32 Å². The highest BCUT2D eigenvalue weighted by Gasteiger charge is 2.42. The van der Waals surface area contributed by atoms with E-state index in [9.17, 15) is 4.79 Å². The summed E-state index contributed by atoms with van der Waals surface area (Å²) in [5.41, 5.74) is 2.53. The van der Waals surface area contributed by atoms with Crippen LogP contribution in [0.1, 0.15) is 28.9 Å². The number of aromatic nitrogens is 2. The topological polar surface area (TPSA) is 58.1 Å². The van der Waals surface area contributed by atoms with Crippen molar-refractivity contribution in [2.75, 3.05) is 13.1 Å². The largest absolute Gasteiger partial charge is 0.343 e. The summed E-state index contributed by atoms with van der Waals surface area (Å²) in [6, 6.07) is 0. The van der Waals surface area contributed by atoms with E-state index in [4.69, 9.17) is 0 Å². The van der Waals surface area contributed by atoms with E-state index in [1.807, 2.05) is 24.0 Å². The van der Waals surface area contributed by atoms with E-state index in [2.05, 4.69) is 20.2 Å². The van der Waals surface area contributed by atoms with E-state index < -0.39 is 0 Å². The molecule has 5 nitrogen and oxygen atoms in total. The third-order valence-corrected chi connectivity index (χ3v) is 5.58. The maximum Gasteiger partial charge on any atom is 0.217 e. The van der Waals surface area contributed by atoms with E-state index in [-0.39, 0.29) is 11.4 Å². The lowest BCUT2D eigenvalue weighted by molar-refractivity contribution is -0.120. The highest BCUT2D eigenvalue weighted by molar-refractivity contribution is 7.10. The minimum atomic E-state index is -0.338. The number of hydrogen-bond acceptors (Lipinski definition) is 6. The van der Waals surface area contributed by atoms with Gasteiger partial charge >= 0.3 is 0 Å². The molecular formula is C14H18N4OS2. The van der Waals surface area contributed by atoms with Crippen molar-refractivity contribution in [2.24, 2.45) is 0 Å². The van der Waals surface area contributed by atoms with Crippen LogP contribution in [0.15, 0.2) is 17.1 Å². The van der Waals surface area contributed by atoms with Gasteiger partial charge in [0.2, 0.25) is 5.91 Å². The van der Waals surface area contributed by atoms with Crippen LogP contribution < -0.4 is 5.32 Å². The van der Waals surface area contributed by atoms with Crippen molar-refractivity contribution in [2.45, 2.75) is 32.4 Å². The molecule has 1 aliphatic heterocycles. The second kappa shape index (κ2) is 5.82. The third-order valence-electron chi connectivity index (χ3n) is 3.65. The number of likely N-dealkylation sites (tertiary alicyclic amines) is 1. The Kier molecular flexibility index (Phi) is 4.05. The quantitative estimate of drug-likeness (QED) is 0.937. The molecule has 1 unspecified atom stereocenters. The molecule has 1 N–H and O–H groups in total. The summed E-state index contributed by atoms with van der Waals surface area (Å²) in [7, 11) is 0. The predicted octanol–water partition coefficient (Wildman–Crippen LogP) is 2.15. The van der Waals surface area contributed by atoms with Crippen molar-refractivity contribution < 1.29 is 4.79 Å².